The summed E-state index contributed by atoms with van der Waals surface area (Å²) >= 11 is 0. The lowest BCUT2D eigenvalue weighted by Gasteiger charge is -2.38. The second kappa shape index (κ2) is 10.6. The number of carbonyl (C=O) groups is 2. The van der Waals surface area contributed by atoms with E-state index in [-0.39, 0.29) is 48.3 Å². The minimum Gasteiger partial charge on any atom is -0.497 e. The van der Waals surface area contributed by atoms with E-state index >= 15 is 0 Å². The molecule has 1 saturated carbocycles. The van der Waals surface area contributed by atoms with Crippen LogP contribution in [0, 0.1) is 11.8 Å². The van der Waals surface area contributed by atoms with Gasteiger partial charge in [0, 0.05) is 37.2 Å². The van der Waals surface area contributed by atoms with Gasteiger partial charge in [0.1, 0.15) is 17.4 Å². The highest BCUT2D eigenvalue weighted by Crippen LogP contribution is 2.32. The molecule has 0 spiro atoms. The van der Waals surface area contributed by atoms with Crippen molar-refractivity contribution in [1.29, 1.82) is 0 Å². The molecule has 8 heteroatoms. The monoisotopic (exact) mass is 481 g/mol. The van der Waals surface area contributed by atoms with Crippen molar-refractivity contribution >= 4 is 11.8 Å². The Bertz CT molecular complexity index is 1050. The molecule has 35 heavy (non-hydrogen) atoms. The van der Waals surface area contributed by atoms with Gasteiger partial charge in [-0.05, 0) is 43.5 Å². The average Bonchev–Trinajstić information content (AvgIpc) is 2.84. The first-order chi connectivity index (χ1) is 16.8. The molecule has 1 fully saturated rings. The number of aliphatic hydroxyl groups excluding tert-OH is 1. The van der Waals surface area contributed by atoms with Gasteiger partial charge in [-0.25, -0.2) is 4.98 Å². The first kappa shape index (κ1) is 25.0. The number of amides is 2. The number of aromatic nitrogens is 1. The number of hydrogen-bond donors (Lipinski definition) is 1. The van der Waals surface area contributed by atoms with Crippen LogP contribution in [0.2, 0.25) is 0 Å². The van der Waals surface area contributed by atoms with Gasteiger partial charge in [0.05, 0.1) is 26.3 Å². The molecule has 2 heterocycles. The number of rotatable bonds is 7. The molecule has 1 aromatic carbocycles. The SMILES string of the molecule is COc1ccc(-c2cnc3c(c2)C(=O)N([C@H](C)CO)C[C@H](C)[C@@H](CN(C)C(=O)C2CCC2)O3)cc1. The number of likely N-dealkylation sites (N-methyl/N-ethyl adjacent to an activating group) is 1. The molecule has 3 atom stereocenters. The van der Waals surface area contributed by atoms with Gasteiger partial charge >= 0.3 is 0 Å². The van der Waals surface area contributed by atoms with E-state index < -0.39 is 0 Å². The summed E-state index contributed by atoms with van der Waals surface area (Å²) in [7, 11) is 3.43. The van der Waals surface area contributed by atoms with Crippen LogP contribution in [0.1, 0.15) is 43.5 Å². The van der Waals surface area contributed by atoms with Crippen molar-refractivity contribution in [2.75, 3.05) is 33.9 Å². The smallest absolute Gasteiger partial charge is 0.259 e. The van der Waals surface area contributed by atoms with Gasteiger partial charge in [-0.15, -0.1) is 0 Å². The number of methoxy groups -OCH3 is 1. The zero-order valence-corrected chi connectivity index (χ0v) is 20.9. The van der Waals surface area contributed by atoms with E-state index in [9.17, 15) is 14.7 Å². The fraction of sp³-hybridized carbons (Fsp3) is 0.519. The molecular weight excluding hydrogens is 446 g/mol. The molecule has 8 nitrogen and oxygen atoms in total. The van der Waals surface area contributed by atoms with Gasteiger partial charge < -0.3 is 24.4 Å². The van der Waals surface area contributed by atoms with Crippen LogP contribution in [0.25, 0.3) is 11.1 Å². The van der Waals surface area contributed by atoms with E-state index in [1.54, 1.807) is 29.2 Å². The Labute approximate surface area is 206 Å². The fourth-order valence-corrected chi connectivity index (χ4v) is 4.59. The number of nitrogens with zero attached hydrogens (tertiary/aromatic N) is 3. The minimum absolute atomic E-state index is 0.0687. The molecule has 4 rings (SSSR count). The van der Waals surface area contributed by atoms with E-state index in [4.69, 9.17) is 9.47 Å². The predicted octanol–water partition coefficient (Wildman–Crippen LogP) is 3.24. The number of pyridine rings is 1. The van der Waals surface area contributed by atoms with Crippen molar-refractivity contribution in [2.24, 2.45) is 11.8 Å². The molecule has 2 aliphatic rings. The van der Waals surface area contributed by atoms with Crippen molar-refractivity contribution < 1.29 is 24.2 Å². The highest BCUT2D eigenvalue weighted by Gasteiger charge is 2.36. The van der Waals surface area contributed by atoms with Gasteiger partial charge in [-0.2, -0.15) is 0 Å². The van der Waals surface area contributed by atoms with Crippen LogP contribution in [-0.4, -0.2) is 77.7 Å². The Balaban J connectivity index is 1.67. The Morgan fingerprint density at radius 1 is 1.29 bits per heavy atom. The van der Waals surface area contributed by atoms with Gasteiger partial charge in [-0.1, -0.05) is 25.5 Å². The molecule has 2 aromatic rings. The fourth-order valence-electron chi connectivity index (χ4n) is 4.59. The van der Waals surface area contributed by atoms with E-state index in [1.807, 2.05) is 45.2 Å². The Kier molecular flexibility index (Phi) is 7.60. The number of fused-ring (bicyclic) bond motifs is 1. The standard InChI is InChI=1S/C27H35N3O5/c1-17-14-30(18(2)16-31)27(33)23-12-21(19-8-10-22(34-4)11-9-19)13-28-25(23)35-24(17)15-29(3)26(32)20-6-5-7-20/h8-13,17-18,20,24,31H,5-7,14-16H2,1-4H3/t17-,18+,24+/m0/s1. The van der Waals surface area contributed by atoms with Crippen LogP contribution in [0.4, 0.5) is 0 Å². The number of hydrogen-bond acceptors (Lipinski definition) is 6. The zero-order chi connectivity index (χ0) is 25.1. The van der Waals surface area contributed by atoms with Crippen LogP contribution in [0.15, 0.2) is 36.5 Å². The average molecular weight is 482 g/mol. The summed E-state index contributed by atoms with van der Waals surface area (Å²) in [4.78, 5) is 34.4. The molecule has 1 aliphatic carbocycles. The number of aliphatic hydroxyl groups is 1. The maximum absolute atomic E-state index is 13.6. The second-order valence-electron chi connectivity index (χ2n) is 9.77. The van der Waals surface area contributed by atoms with Crippen molar-refractivity contribution in [2.45, 2.75) is 45.3 Å². The molecule has 0 radical (unpaired) electrons. The molecule has 188 valence electrons. The van der Waals surface area contributed by atoms with Crippen molar-refractivity contribution in [3.63, 3.8) is 0 Å². The molecule has 0 unspecified atom stereocenters. The lowest BCUT2D eigenvalue weighted by atomic mass is 9.84. The Hall–Kier alpha value is -3.13. The van der Waals surface area contributed by atoms with Crippen molar-refractivity contribution in [3.8, 4) is 22.8 Å². The summed E-state index contributed by atoms with van der Waals surface area (Å²) in [6.07, 6.45) is 4.34. The molecule has 2 amide bonds. The quantitative estimate of drug-likeness (QED) is 0.653. The normalized spacial score (nSPS) is 21.2. The van der Waals surface area contributed by atoms with E-state index in [0.717, 1.165) is 36.1 Å². The number of carbonyl (C=O) groups excluding carboxylic acids is 2. The van der Waals surface area contributed by atoms with Gasteiger partial charge in [0.2, 0.25) is 11.8 Å². The highest BCUT2D eigenvalue weighted by atomic mass is 16.5. The van der Waals surface area contributed by atoms with Gasteiger partial charge in [0.25, 0.3) is 5.91 Å². The third-order valence-corrected chi connectivity index (χ3v) is 7.23. The predicted molar refractivity (Wildman–Crippen MR) is 132 cm³/mol. The summed E-state index contributed by atoms with van der Waals surface area (Å²) in [6, 6.07) is 8.97. The first-order valence-electron chi connectivity index (χ1n) is 12.3. The van der Waals surface area contributed by atoms with Gasteiger partial charge in [-0.3, -0.25) is 9.59 Å². The third kappa shape index (κ3) is 5.27. The topological polar surface area (TPSA) is 92.2 Å². The lowest BCUT2D eigenvalue weighted by Crippen LogP contribution is -2.51. The van der Waals surface area contributed by atoms with Gasteiger partial charge in [0.15, 0.2) is 0 Å². The molecule has 0 saturated heterocycles. The van der Waals surface area contributed by atoms with Crippen LogP contribution < -0.4 is 9.47 Å². The summed E-state index contributed by atoms with van der Waals surface area (Å²) < 4.78 is 11.6. The van der Waals surface area contributed by atoms with E-state index in [1.165, 1.54) is 0 Å². The second-order valence-corrected chi connectivity index (χ2v) is 9.77. The van der Waals surface area contributed by atoms with Crippen LogP contribution in [0.3, 0.4) is 0 Å². The third-order valence-electron chi connectivity index (χ3n) is 7.23. The lowest BCUT2D eigenvalue weighted by molar-refractivity contribution is -0.138. The Morgan fingerprint density at radius 3 is 2.60 bits per heavy atom. The first-order valence-corrected chi connectivity index (χ1v) is 12.3. The minimum atomic E-state index is -0.365. The van der Waals surface area contributed by atoms with E-state index in [2.05, 4.69) is 4.98 Å². The van der Waals surface area contributed by atoms with Crippen LogP contribution in [-0.2, 0) is 4.79 Å². The highest BCUT2D eigenvalue weighted by molar-refractivity contribution is 5.98. The zero-order valence-electron chi connectivity index (χ0n) is 20.9. The molecule has 1 aliphatic heterocycles. The maximum atomic E-state index is 13.6. The summed E-state index contributed by atoms with van der Waals surface area (Å²) in [6.45, 7) is 4.50. The summed E-state index contributed by atoms with van der Waals surface area (Å²) in [5.41, 5.74) is 2.03. The molecule has 1 N–H and O–H groups in total. The van der Waals surface area contributed by atoms with Crippen molar-refractivity contribution in [1.82, 2.24) is 14.8 Å². The molecular formula is C27H35N3O5. The van der Waals surface area contributed by atoms with Crippen LogP contribution >= 0.6 is 0 Å². The van der Waals surface area contributed by atoms with Crippen molar-refractivity contribution in [3.05, 3.63) is 42.1 Å². The summed E-state index contributed by atoms with van der Waals surface area (Å²) in [5, 5.41) is 9.86. The largest absolute Gasteiger partial charge is 0.497 e. The van der Waals surface area contributed by atoms with Crippen LogP contribution in [0.5, 0.6) is 11.6 Å². The number of benzene rings is 1. The molecule has 1 aromatic heterocycles. The maximum Gasteiger partial charge on any atom is 0.259 e. The van der Waals surface area contributed by atoms with E-state index in [0.29, 0.717) is 18.7 Å². The number of ether oxygens (including phenoxy) is 2. The summed E-state index contributed by atoms with van der Waals surface area (Å²) in [5.74, 6) is 0.952. The Morgan fingerprint density at radius 2 is 2.00 bits per heavy atom. The molecule has 0 bridgehead atoms.